The van der Waals surface area contributed by atoms with Crippen LogP contribution in [-0.4, -0.2) is 61.2 Å². The molecule has 0 aromatic rings. The van der Waals surface area contributed by atoms with Gasteiger partial charge in [0, 0.05) is 44.8 Å². The molecule has 1 N–H and O–H groups in total. The lowest BCUT2D eigenvalue weighted by Crippen LogP contribution is -2.56. The standard InChI is InChI=1S/C18H37N3/c1-4-7-17(19-10-5-2)18(6-3)21-13-11-20(12-14-21)15-16-8-9-16/h16-19H,4-15H2,1-3H3. The van der Waals surface area contributed by atoms with Gasteiger partial charge < -0.3 is 10.2 Å². The van der Waals surface area contributed by atoms with E-state index in [0.717, 1.165) is 12.0 Å². The zero-order valence-corrected chi connectivity index (χ0v) is 14.6. The second-order valence-corrected chi connectivity index (χ2v) is 7.10. The highest BCUT2D eigenvalue weighted by Gasteiger charge is 2.30. The third-order valence-electron chi connectivity index (χ3n) is 5.23. The van der Waals surface area contributed by atoms with Crippen LogP contribution in [0.1, 0.15) is 59.3 Å². The second kappa shape index (κ2) is 9.12. The van der Waals surface area contributed by atoms with Crippen molar-refractivity contribution in [2.24, 2.45) is 5.92 Å². The number of rotatable bonds is 10. The van der Waals surface area contributed by atoms with Gasteiger partial charge in [0.1, 0.15) is 0 Å². The lowest BCUT2D eigenvalue weighted by molar-refractivity contribution is 0.0720. The molecular weight excluding hydrogens is 258 g/mol. The Hall–Kier alpha value is -0.120. The first kappa shape index (κ1) is 17.2. The van der Waals surface area contributed by atoms with Crippen LogP contribution in [0, 0.1) is 5.92 Å². The maximum Gasteiger partial charge on any atom is 0.0247 e. The quantitative estimate of drug-likeness (QED) is 0.668. The van der Waals surface area contributed by atoms with E-state index in [0.29, 0.717) is 6.04 Å². The van der Waals surface area contributed by atoms with Crippen LogP contribution in [-0.2, 0) is 0 Å². The Morgan fingerprint density at radius 2 is 1.71 bits per heavy atom. The normalized spacial score (nSPS) is 24.1. The van der Waals surface area contributed by atoms with Crippen LogP contribution in [0.2, 0.25) is 0 Å². The highest BCUT2D eigenvalue weighted by atomic mass is 15.3. The average Bonchev–Trinajstić information content (AvgIpc) is 3.31. The molecule has 0 amide bonds. The molecule has 1 aliphatic carbocycles. The van der Waals surface area contributed by atoms with Crippen molar-refractivity contribution in [1.82, 2.24) is 15.1 Å². The van der Waals surface area contributed by atoms with Gasteiger partial charge in [0.25, 0.3) is 0 Å². The van der Waals surface area contributed by atoms with Crippen LogP contribution in [0.3, 0.4) is 0 Å². The summed E-state index contributed by atoms with van der Waals surface area (Å²) >= 11 is 0. The zero-order valence-electron chi connectivity index (χ0n) is 14.6. The predicted octanol–water partition coefficient (Wildman–Crippen LogP) is 2.96. The summed E-state index contributed by atoms with van der Waals surface area (Å²) in [7, 11) is 0. The van der Waals surface area contributed by atoms with Crippen LogP contribution < -0.4 is 5.32 Å². The fourth-order valence-electron chi connectivity index (χ4n) is 3.81. The molecule has 3 heteroatoms. The molecule has 0 spiro atoms. The maximum absolute atomic E-state index is 3.82. The Morgan fingerprint density at radius 3 is 2.24 bits per heavy atom. The van der Waals surface area contributed by atoms with E-state index in [1.54, 1.807) is 0 Å². The summed E-state index contributed by atoms with van der Waals surface area (Å²) in [5.74, 6) is 1.04. The van der Waals surface area contributed by atoms with Gasteiger partial charge >= 0.3 is 0 Å². The van der Waals surface area contributed by atoms with Crippen molar-refractivity contribution in [2.45, 2.75) is 71.4 Å². The number of hydrogen-bond donors (Lipinski definition) is 1. The smallest absolute Gasteiger partial charge is 0.0247 e. The van der Waals surface area contributed by atoms with Crippen LogP contribution in [0.5, 0.6) is 0 Å². The van der Waals surface area contributed by atoms with E-state index < -0.39 is 0 Å². The fourth-order valence-corrected chi connectivity index (χ4v) is 3.81. The maximum atomic E-state index is 3.82. The first-order chi connectivity index (χ1) is 10.3. The summed E-state index contributed by atoms with van der Waals surface area (Å²) in [5, 5.41) is 3.82. The molecule has 0 radical (unpaired) electrons. The Balaban J connectivity index is 1.80. The van der Waals surface area contributed by atoms with E-state index in [9.17, 15) is 0 Å². The van der Waals surface area contributed by atoms with Crippen molar-refractivity contribution < 1.29 is 0 Å². The third kappa shape index (κ3) is 5.54. The van der Waals surface area contributed by atoms with Gasteiger partial charge in [0.2, 0.25) is 0 Å². The van der Waals surface area contributed by atoms with E-state index in [-0.39, 0.29) is 0 Å². The number of piperazine rings is 1. The van der Waals surface area contributed by atoms with Gasteiger partial charge in [-0.2, -0.15) is 0 Å². The Labute approximate surface area is 132 Å². The first-order valence-electron chi connectivity index (χ1n) is 9.48. The number of nitrogens with zero attached hydrogens (tertiary/aromatic N) is 2. The molecule has 0 aromatic carbocycles. The molecular formula is C18H37N3. The summed E-state index contributed by atoms with van der Waals surface area (Å²) < 4.78 is 0. The van der Waals surface area contributed by atoms with Gasteiger partial charge in [0.05, 0.1) is 0 Å². The van der Waals surface area contributed by atoms with Crippen molar-refractivity contribution in [3.05, 3.63) is 0 Å². The van der Waals surface area contributed by atoms with E-state index in [1.807, 2.05) is 0 Å². The molecule has 2 rings (SSSR count). The van der Waals surface area contributed by atoms with Crippen molar-refractivity contribution >= 4 is 0 Å². The predicted molar refractivity (Wildman–Crippen MR) is 91.8 cm³/mol. The average molecular weight is 296 g/mol. The molecule has 1 saturated carbocycles. The minimum atomic E-state index is 0.690. The zero-order chi connectivity index (χ0) is 15.1. The van der Waals surface area contributed by atoms with Gasteiger partial charge in [-0.05, 0) is 44.6 Å². The van der Waals surface area contributed by atoms with Crippen LogP contribution in [0.4, 0.5) is 0 Å². The summed E-state index contributed by atoms with van der Waals surface area (Å²) in [6.45, 7) is 14.6. The highest BCUT2D eigenvalue weighted by Crippen LogP contribution is 2.30. The van der Waals surface area contributed by atoms with Crippen molar-refractivity contribution in [1.29, 1.82) is 0 Å². The Bertz CT molecular complexity index is 270. The second-order valence-electron chi connectivity index (χ2n) is 7.10. The van der Waals surface area contributed by atoms with E-state index in [4.69, 9.17) is 0 Å². The first-order valence-corrected chi connectivity index (χ1v) is 9.48. The fraction of sp³-hybridized carbons (Fsp3) is 1.00. The monoisotopic (exact) mass is 295 g/mol. The van der Waals surface area contributed by atoms with Crippen LogP contribution >= 0.6 is 0 Å². The van der Waals surface area contributed by atoms with Gasteiger partial charge in [-0.3, -0.25) is 4.90 Å². The molecule has 124 valence electrons. The van der Waals surface area contributed by atoms with Gasteiger partial charge in [-0.1, -0.05) is 27.2 Å². The summed E-state index contributed by atoms with van der Waals surface area (Å²) in [5.41, 5.74) is 0. The molecule has 0 bridgehead atoms. The lowest BCUT2D eigenvalue weighted by Gasteiger charge is -2.42. The molecule has 1 saturated heterocycles. The topological polar surface area (TPSA) is 18.5 Å². The molecule has 2 atom stereocenters. The van der Waals surface area contributed by atoms with Gasteiger partial charge in [-0.15, -0.1) is 0 Å². The minimum absolute atomic E-state index is 0.690. The van der Waals surface area contributed by atoms with Crippen LogP contribution in [0.25, 0.3) is 0 Å². The highest BCUT2D eigenvalue weighted by molar-refractivity contribution is 4.88. The minimum Gasteiger partial charge on any atom is -0.312 e. The Kier molecular flexibility index (Phi) is 7.48. The number of hydrogen-bond acceptors (Lipinski definition) is 3. The molecule has 3 nitrogen and oxygen atoms in total. The van der Waals surface area contributed by atoms with E-state index >= 15 is 0 Å². The Morgan fingerprint density at radius 1 is 1.00 bits per heavy atom. The summed E-state index contributed by atoms with van der Waals surface area (Å²) in [6, 6.07) is 1.43. The van der Waals surface area contributed by atoms with Crippen LogP contribution in [0.15, 0.2) is 0 Å². The molecule has 2 unspecified atom stereocenters. The summed E-state index contributed by atoms with van der Waals surface area (Å²) in [4.78, 5) is 5.47. The third-order valence-corrected chi connectivity index (χ3v) is 5.23. The lowest BCUT2D eigenvalue weighted by atomic mass is 9.98. The molecule has 1 aliphatic heterocycles. The summed E-state index contributed by atoms with van der Waals surface area (Å²) in [6.07, 6.45) is 8.10. The molecule has 2 fully saturated rings. The van der Waals surface area contributed by atoms with E-state index in [1.165, 1.54) is 77.8 Å². The van der Waals surface area contributed by atoms with Gasteiger partial charge in [0.15, 0.2) is 0 Å². The largest absolute Gasteiger partial charge is 0.312 e. The van der Waals surface area contributed by atoms with Crippen molar-refractivity contribution in [3.63, 3.8) is 0 Å². The SMILES string of the molecule is CCCNC(CCC)C(CC)N1CCN(CC2CC2)CC1. The van der Waals surface area contributed by atoms with E-state index in [2.05, 4.69) is 35.9 Å². The molecule has 0 aromatic heterocycles. The van der Waals surface area contributed by atoms with Crippen molar-refractivity contribution in [2.75, 3.05) is 39.3 Å². The van der Waals surface area contributed by atoms with Gasteiger partial charge in [-0.25, -0.2) is 0 Å². The number of nitrogens with one attached hydrogen (secondary N) is 1. The molecule has 21 heavy (non-hydrogen) atoms. The van der Waals surface area contributed by atoms with Crippen molar-refractivity contribution in [3.8, 4) is 0 Å². The molecule has 2 aliphatic rings. The molecule has 1 heterocycles.